The molecule has 2 aromatic heterocycles. The Balaban J connectivity index is 0.00000205. The summed E-state index contributed by atoms with van der Waals surface area (Å²) in [4.78, 5) is 37.5. The third kappa shape index (κ3) is 7.10. The molecule has 2 heterocycles. The lowest BCUT2D eigenvalue weighted by molar-refractivity contribution is -0.107. The first kappa shape index (κ1) is 29.5. The molecule has 0 saturated carbocycles. The molecule has 0 saturated heterocycles. The number of amides is 2. The zero-order valence-electron chi connectivity index (χ0n) is 22.7. The summed E-state index contributed by atoms with van der Waals surface area (Å²) >= 11 is 6.05. The number of hydrogen-bond donors (Lipinski definition) is 1. The van der Waals surface area contributed by atoms with Crippen LogP contribution in [-0.4, -0.2) is 64.1 Å². The molecule has 0 spiro atoms. The van der Waals surface area contributed by atoms with Crippen LogP contribution in [0.5, 0.6) is 0 Å². The summed E-state index contributed by atoms with van der Waals surface area (Å²) in [7, 11) is 3.23. The van der Waals surface area contributed by atoms with Crippen LogP contribution in [0.4, 0.5) is 5.82 Å². The van der Waals surface area contributed by atoms with Gasteiger partial charge in [-0.2, -0.15) is 0 Å². The molecule has 4 rings (SSSR count). The van der Waals surface area contributed by atoms with Crippen LogP contribution in [0.15, 0.2) is 72.9 Å². The normalized spacial score (nSPS) is 10.4. The van der Waals surface area contributed by atoms with E-state index in [1.54, 1.807) is 37.0 Å². The highest BCUT2D eigenvalue weighted by Gasteiger charge is 2.28. The van der Waals surface area contributed by atoms with Crippen molar-refractivity contribution in [2.75, 3.05) is 32.1 Å². The lowest BCUT2D eigenvalue weighted by Crippen LogP contribution is -2.32. The molecule has 39 heavy (non-hydrogen) atoms. The third-order valence-electron chi connectivity index (χ3n) is 5.98. The number of imidazole rings is 1. The van der Waals surface area contributed by atoms with Crippen molar-refractivity contribution < 1.29 is 14.7 Å². The Hall–Kier alpha value is -4.01. The molecule has 2 aromatic carbocycles. The fraction of sp³-hybridized carbons (Fsp3) is 0.267. The van der Waals surface area contributed by atoms with Crippen molar-refractivity contribution in [2.24, 2.45) is 0 Å². The Morgan fingerprint density at radius 3 is 2.33 bits per heavy atom. The number of aromatic nitrogens is 3. The van der Waals surface area contributed by atoms with E-state index in [1.165, 1.54) is 9.80 Å². The number of carbonyl (C=O) groups excluding carboxylic acids is 2. The molecular formula is C30H34ClN5O3. The molecule has 204 valence electrons. The second kappa shape index (κ2) is 14.2. The van der Waals surface area contributed by atoms with E-state index in [2.05, 4.69) is 4.98 Å². The molecule has 0 aliphatic heterocycles. The van der Waals surface area contributed by atoms with Gasteiger partial charge >= 0.3 is 0 Å². The molecule has 9 heteroatoms. The second-order valence-corrected chi connectivity index (χ2v) is 9.06. The molecule has 0 bridgehead atoms. The largest absolute Gasteiger partial charge is 0.396 e. The lowest BCUT2D eigenvalue weighted by Gasteiger charge is -2.20. The zero-order chi connectivity index (χ0) is 28.4. The monoisotopic (exact) mass is 547 g/mol. The highest BCUT2D eigenvalue weighted by molar-refractivity contribution is 6.30. The third-order valence-corrected chi connectivity index (χ3v) is 6.20. The first-order valence-electron chi connectivity index (χ1n) is 12.8. The number of halogens is 1. The van der Waals surface area contributed by atoms with E-state index < -0.39 is 0 Å². The van der Waals surface area contributed by atoms with Crippen LogP contribution in [0.25, 0.3) is 22.5 Å². The summed E-state index contributed by atoms with van der Waals surface area (Å²) in [6, 6.07) is 21.4. The number of anilines is 1. The van der Waals surface area contributed by atoms with Crippen LogP contribution in [0.1, 0.15) is 36.5 Å². The molecule has 2 amide bonds. The number of carbonyl (C=O) groups is 2. The number of aliphatic hydroxyl groups excluding tert-OH is 1. The molecule has 0 aliphatic rings. The summed E-state index contributed by atoms with van der Waals surface area (Å²) in [6.07, 6.45) is 2.61. The van der Waals surface area contributed by atoms with E-state index in [0.717, 1.165) is 16.7 Å². The topological polar surface area (TPSA) is 91.6 Å². The Kier molecular flexibility index (Phi) is 10.8. The van der Waals surface area contributed by atoms with Crippen molar-refractivity contribution in [2.45, 2.75) is 26.8 Å². The number of nitrogens with zero attached hydrogens (tertiary/aromatic N) is 5. The van der Waals surface area contributed by atoms with Crippen molar-refractivity contribution in [1.29, 1.82) is 0 Å². The van der Waals surface area contributed by atoms with Crippen LogP contribution in [0.3, 0.4) is 0 Å². The van der Waals surface area contributed by atoms with Gasteiger partial charge in [0.15, 0.2) is 11.5 Å². The van der Waals surface area contributed by atoms with Gasteiger partial charge in [-0.3, -0.25) is 14.6 Å². The van der Waals surface area contributed by atoms with Crippen molar-refractivity contribution in [3.05, 3.63) is 89.3 Å². The summed E-state index contributed by atoms with van der Waals surface area (Å²) < 4.78 is 1.79. The van der Waals surface area contributed by atoms with Gasteiger partial charge in [0.05, 0.1) is 17.3 Å². The smallest absolute Gasteiger partial charge is 0.274 e. The van der Waals surface area contributed by atoms with Crippen LogP contribution in [0, 0.1) is 0 Å². The Morgan fingerprint density at radius 1 is 1.00 bits per heavy atom. The maximum absolute atomic E-state index is 13.7. The van der Waals surface area contributed by atoms with Crippen molar-refractivity contribution >= 4 is 29.7 Å². The predicted octanol–water partition coefficient (Wildman–Crippen LogP) is 5.39. The van der Waals surface area contributed by atoms with Crippen LogP contribution < -0.4 is 4.90 Å². The summed E-state index contributed by atoms with van der Waals surface area (Å²) in [5.41, 5.74) is 3.76. The molecule has 4 aromatic rings. The van der Waals surface area contributed by atoms with Gasteiger partial charge in [-0.1, -0.05) is 74.0 Å². The molecule has 0 unspecified atom stereocenters. The first-order valence-corrected chi connectivity index (χ1v) is 13.2. The fourth-order valence-corrected chi connectivity index (χ4v) is 4.15. The Morgan fingerprint density at radius 2 is 1.69 bits per heavy atom. The summed E-state index contributed by atoms with van der Waals surface area (Å²) in [6.45, 7) is 4.55. The quantitative estimate of drug-likeness (QED) is 0.269. The molecule has 0 radical (unpaired) electrons. The Bertz CT molecular complexity index is 1370. The number of rotatable bonds is 10. The van der Waals surface area contributed by atoms with Gasteiger partial charge in [0.1, 0.15) is 5.82 Å². The number of aliphatic hydroxyl groups is 1. The van der Waals surface area contributed by atoms with Crippen LogP contribution in [0.2, 0.25) is 5.02 Å². The summed E-state index contributed by atoms with van der Waals surface area (Å²) in [5.74, 6) is 0.450. The van der Waals surface area contributed by atoms with Gasteiger partial charge in [-0.25, -0.2) is 4.98 Å². The van der Waals surface area contributed by atoms with E-state index in [1.807, 2.05) is 68.4 Å². The SMILES string of the molecule is CC.CN(CCCO)C(=O)c1c(N(C)C=O)nc(-c2cccc(-c3ccccc3)c2)n1Cc1ccc(Cl)cn1. The fourth-order valence-electron chi connectivity index (χ4n) is 4.04. The molecule has 0 fully saturated rings. The standard InChI is InChI=1S/C28H28ClN5O3.C2H6/c1-32(14-7-15-35)28(37)25-27(33(2)19-36)31-26(34(25)18-24-13-12-23(29)17-30-24)22-11-6-10-21(16-22)20-8-4-3-5-9-20;1-2/h3-6,8-13,16-17,19,35H,7,14-15,18H2,1-2H3;1-2H3. The maximum atomic E-state index is 13.7. The highest BCUT2D eigenvalue weighted by atomic mass is 35.5. The maximum Gasteiger partial charge on any atom is 0.274 e. The lowest BCUT2D eigenvalue weighted by atomic mass is 10.0. The van der Waals surface area contributed by atoms with Gasteiger partial charge < -0.3 is 19.5 Å². The molecule has 0 atom stereocenters. The minimum Gasteiger partial charge on any atom is -0.396 e. The average Bonchev–Trinajstić information content (AvgIpc) is 3.36. The molecule has 1 N–H and O–H groups in total. The van der Waals surface area contributed by atoms with Gasteiger partial charge in [0, 0.05) is 39.0 Å². The zero-order valence-corrected chi connectivity index (χ0v) is 23.5. The van der Waals surface area contributed by atoms with E-state index >= 15 is 0 Å². The minimum absolute atomic E-state index is 0.0375. The molecular weight excluding hydrogens is 514 g/mol. The van der Waals surface area contributed by atoms with Gasteiger partial charge in [0.25, 0.3) is 5.91 Å². The molecule has 8 nitrogen and oxygen atoms in total. The van der Waals surface area contributed by atoms with E-state index in [0.29, 0.717) is 35.9 Å². The van der Waals surface area contributed by atoms with Crippen LogP contribution >= 0.6 is 11.6 Å². The van der Waals surface area contributed by atoms with Gasteiger partial charge in [-0.05, 0) is 35.7 Å². The minimum atomic E-state index is -0.316. The van der Waals surface area contributed by atoms with Gasteiger partial charge in [0.2, 0.25) is 6.41 Å². The Labute approximate surface area is 234 Å². The number of pyridine rings is 1. The average molecular weight is 548 g/mol. The predicted molar refractivity (Wildman–Crippen MR) is 156 cm³/mol. The first-order chi connectivity index (χ1) is 18.9. The van der Waals surface area contributed by atoms with E-state index in [4.69, 9.17) is 16.6 Å². The van der Waals surface area contributed by atoms with Gasteiger partial charge in [-0.15, -0.1) is 0 Å². The van der Waals surface area contributed by atoms with Crippen molar-refractivity contribution in [1.82, 2.24) is 19.4 Å². The van der Waals surface area contributed by atoms with E-state index in [-0.39, 0.29) is 30.6 Å². The highest BCUT2D eigenvalue weighted by Crippen LogP contribution is 2.32. The number of benzene rings is 2. The van der Waals surface area contributed by atoms with Crippen LogP contribution in [-0.2, 0) is 11.3 Å². The molecule has 0 aliphatic carbocycles. The van der Waals surface area contributed by atoms with Crippen molar-refractivity contribution in [3.63, 3.8) is 0 Å². The second-order valence-electron chi connectivity index (χ2n) is 8.63. The van der Waals surface area contributed by atoms with E-state index in [9.17, 15) is 14.7 Å². The summed E-state index contributed by atoms with van der Waals surface area (Å²) in [5, 5.41) is 9.77. The van der Waals surface area contributed by atoms with Crippen molar-refractivity contribution in [3.8, 4) is 22.5 Å². The number of hydrogen-bond acceptors (Lipinski definition) is 5.